The Hall–Kier alpha value is -2.72. The van der Waals surface area contributed by atoms with Gasteiger partial charge >= 0.3 is 0 Å². The third kappa shape index (κ3) is 4.52. The zero-order valence-electron chi connectivity index (χ0n) is 14.3. The van der Waals surface area contributed by atoms with E-state index in [1.807, 2.05) is 18.2 Å². The topological polar surface area (TPSA) is 107 Å². The number of thiazole rings is 1. The van der Waals surface area contributed by atoms with Gasteiger partial charge in [-0.2, -0.15) is 4.98 Å². The van der Waals surface area contributed by atoms with Crippen LogP contribution in [0.1, 0.15) is 23.9 Å². The number of benzene rings is 1. The molecule has 0 aliphatic carbocycles. The number of hydrogen-bond donors (Lipinski definition) is 1. The average Bonchev–Trinajstić information content (AvgIpc) is 3.37. The summed E-state index contributed by atoms with van der Waals surface area (Å²) in [4.78, 5) is 20.8. The highest BCUT2D eigenvalue weighted by Crippen LogP contribution is 2.30. The summed E-state index contributed by atoms with van der Waals surface area (Å²) in [6.07, 6.45) is 0.583. The molecule has 0 fully saturated rings. The summed E-state index contributed by atoms with van der Waals surface area (Å²) in [6, 6.07) is 9.67. The first-order valence-corrected chi connectivity index (χ1v) is 9.99. The Morgan fingerprint density at radius 1 is 1.22 bits per heavy atom. The van der Waals surface area contributed by atoms with E-state index in [4.69, 9.17) is 9.05 Å². The van der Waals surface area contributed by atoms with E-state index >= 15 is 0 Å². The molecule has 27 heavy (non-hydrogen) atoms. The number of nitrogens with zero attached hydrogens (tertiary/aromatic N) is 4. The number of para-hydroxylation sites is 1. The maximum absolute atomic E-state index is 11.9. The Balaban J connectivity index is 1.27. The van der Waals surface area contributed by atoms with Gasteiger partial charge in [0.15, 0.2) is 16.0 Å². The molecule has 0 aliphatic heterocycles. The van der Waals surface area contributed by atoms with E-state index in [1.165, 1.54) is 0 Å². The average molecular weight is 401 g/mol. The first kappa shape index (κ1) is 17.7. The number of aromatic nitrogens is 4. The fourth-order valence-electron chi connectivity index (χ4n) is 2.34. The van der Waals surface area contributed by atoms with Crippen LogP contribution in [0.25, 0.3) is 10.2 Å². The molecule has 1 amide bonds. The highest BCUT2D eigenvalue weighted by atomic mass is 32.2. The maximum Gasteiger partial charge on any atom is 0.227 e. The van der Waals surface area contributed by atoms with Crippen molar-refractivity contribution in [2.45, 2.75) is 29.9 Å². The minimum absolute atomic E-state index is 0.188. The van der Waals surface area contributed by atoms with Crippen LogP contribution < -0.4 is 5.32 Å². The van der Waals surface area contributed by atoms with Gasteiger partial charge in [0.1, 0.15) is 5.76 Å². The van der Waals surface area contributed by atoms with E-state index in [1.54, 1.807) is 36.1 Å². The molecule has 0 radical (unpaired) electrons. The molecule has 0 aliphatic rings. The molecular weight excluding hydrogens is 386 g/mol. The largest absolute Gasteiger partial charge is 0.360 e. The van der Waals surface area contributed by atoms with E-state index in [0.717, 1.165) is 14.6 Å². The maximum atomic E-state index is 11.9. The second kappa shape index (κ2) is 7.89. The lowest BCUT2D eigenvalue weighted by atomic mass is 10.3. The second-order valence-electron chi connectivity index (χ2n) is 5.71. The predicted molar refractivity (Wildman–Crippen MR) is 102 cm³/mol. The quantitative estimate of drug-likeness (QED) is 0.466. The van der Waals surface area contributed by atoms with Crippen LogP contribution in [-0.4, -0.2) is 26.2 Å². The molecule has 1 N–H and O–H groups in total. The summed E-state index contributed by atoms with van der Waals surface area (Å²) in [5.74, 6) is 2.43. The lowest BCUT2D eigenvalue weighted by molar-refractivity contribution is -0.116. The molecule has 4 rings (SSSR count). The van der Waals surface area contributed by atoms with E-state index in [-0.39, 0.29) is 12.3 Å². The van der Waals surface area contributed by atoms with Gasteiger partial charge in [0.25, 0.3) is 0 Å². The number of anilines is 1. The molecular formula is C17H15N5O3S2. The van der Waals surface area contributed by atoms with Gasteiger partial charge in [-0.15, -0.1) is 11.3 Å². The Morgan fingerprint density at radius 2 is 2.11 bits per heavy atom. The van der Waals surface area contributed by atoms with Crippen molar-refractivity contribution in [2.75, 3.05) is 5.32 Å². The van der Waals surface area contributed by atoms with E-state index in [2.05, 4.69) is 31.7 Å². The third-order valence-corrected chi connectivity index (χ3v) is 5.75. The summed E-state index contributed by atoms with van der Waals surface area (Å²) < 4.78 is 12.2. The number of fused-ring (bicyclic) bond motifs is 1. The highest BCUT2D eigenvalue weighted by molar-refractivity contribution is 8.00. The number of aryl methyl sites for hydroxylation is 2. The van der Waals surface area contributed by atoms with Crippen molar-refractivity contribution in [1.29, 1.82) is 0 Å². The van der Waals surface area contributed by atoms with Gasteiger partial charge in [0.2, 0.25) is 11.8 Å². The zero-order chi connectivity index (χ0) is 18.6. The number of amides is 1. The van der Waals surface area contributed by atoms with Crippen LogP contribution in [-0.2, 0) is 17.0 Å². The molecule has 0 atom stereocenters. The van der Waals surface area contributed by atoms with Crippen LogP contribution in [0.5, 0.6) is 0 Å². The summed E-state index contributed by atoms with van der Waals surface area (Å²) in [6.45, 7) is 1.76. The minimum atomic E-state index is -0.188. The van der Waals surface area contributed by atoms with Crippen molar-refractivity contribution in [3.8, 4) is 0 Å². The van der Waals surface area contributed by atoms with Gasteiger partial charge in [-0.3, -0.25) is 4.79 Å². The van der Waals surface area contributed by atoms with Crippen molar-refractivity contribution in [3.63, 3.8) is 0 Å². The standard InChI is InChI=1S/C17H15N5O3S2/c1-10-8-13(21-24-10)19-15(23)6-7-16-20-14(22-25-16)9-26-17-18-11-4-2-3-5-12(11)27-17/h2-5,8H,6-7,9H2,1H3,(H,19,21,23). The Morgan fingerprint density at radius 3 is 2.93 bits per heavy atom. The number of nitrogens with one attached hydrogen (secondary N) is 1. The molecule has 3 heterocycles. The van der Waals surface area contributed by atoms with Gasteiger partial charge in [-0.1, -0.05) is 34.2 Å². The van der Waals surface area contributed by atoms with Crippen molar-refractivity contribution in [3.05, 3.63) is 47.8 Å². The minimum Gasteiger partial charge on any atom is -0.360 e. The van der Waals surface area contributed by atoms with Gasteiger partial charge < -0.3 is 14.4 Å². The molecule has 0 unspecified atom stereocenters. The van der Waals surface area contributed by atoms with Crippen LogP contribution in [0.4, 0.5) is 5.82 Å². The van der Waals surface area contributed by atoms with Crippen molar-refractivity contribution in [1.82, 2.24) is 20.3 Å². The fourth-order valence-corrected chi connectivity index (χ4v) is 4.25. The molecule has 8 nitrogen and oxygen atoms in total. The number of rotatable bonds is 7. The highest BCUT2D eigenvalue weighted by Gasteiger charge is 2.12. The van der Waals surface area contributed by atoms with Crippen LogP contribution in [0.3, 0.4) is 0 Å². The number of hydrogen-bond acceptors (Lipinski definition) is 9. The van der Waals surface area contributed by atoms with Gasteiger partial charge in [0, 0.05) is 18.9 Å². The van der Waals surface area contributed by atoms with Gasteiger partial charge in [-0.05, 0) is 19.1 Å². The molecule has 138 valence electrons. The van der Waals surface area contributed by atoms with E-state index < -0.39 is 0 Å². The number of thioether (sulfide) groups is 1. The Bertz CT molecular complexity index is 1040. The number of carbonyl (C=O) groups excluding carboxylic acids is 1. The van der Waals surface area contributed by atoms with Gasteiger partial charge in [0.05, 0.1) is 16.0 Å². The van der Waals surface area contributed by atoms with E-state index in [0.29, 0.717) is 35.5 Å². The van der Waals surface area contributed by atoms with Crippen molar-refractivity contribution < 1.29 is 13.8 Å². The van der Waals surface area contributed by atoms with E-state index in [9.17, 15) is 4.79 Å². The molecule has 3 aromatic heterocycles. The predicted octanol–water partition coefficient (Wildman–Crippen LogP) is 3.84. The first-order valence-electron chi connectivity index (χ1n) is 8.19. The molecule has 0 saturated carbocycles. The molecule has 0 saturated heterocycles. The molecule has 4 aromatic rings. The number of carbonyl (C=O) groups is 1. The van der Waals surface area contributed by atoms with Crippen LogP contribution in [0.2, 0.25) is 0 Å². The van der Waals surface area contributed by atoms with Crippen LogP contribution in [0, 0.1) is 6.92 Å². The zero-order valence-corrected chi connectivity index (χ0v) is 16.0. The summed E-state index contributed by atoms with van der Waals surface area (Å²) >= 11 is 3.20. The molecule has 0 bridgehead atoms. The summed E-state index contributed by atoms with van der Waals surface area (Å²) in [5, 5.41) is 10.3. The van der Waals surface area contributed by atoms with Gasteiger partial charge in [-0.25, -0.2) is 4.98 Å². The normalized spacial score (nSPS) is 11.1. The molecule has 0 spiro atoms. The van der Waals surface area contributed by atoms with Crippen LogP contribution in [0.15, 0.2) is 43.7 Å². The Labute approximate surface area is 162 Å². The van der Waals surface area contributed by atoms with Crippen molar-refractivity contribution >= 4 is 45.0 Å². The fraction of sp³-hybridized carbons (Fsp3) is 0.235. The molecule has 1 aromatic carbocycles. The lowest BCUT2D eigenvalue weighted by Crippen LogP contribution is -2.12. The monoisotopic (exact) mass is 401 g/mol. The third-order valence-electron chi connectivity index (χ3n) is 3.57. The van der Waals surface area contributed by atoms with Crippen molar-refractivity contribution in [2.24, 2.45) is 0 Å². The summed E-state index contributed by atoms with van der Waals surface area (Å²) in [7, 11) is 0. The van der Waals surface area contributed by atoms with Crippen LogP contribution >= 0.6 is 23.1 Å². The first-order chi connectivity index (χ1) is 13.2. The Kier molecular flexibility index (Phi) is 5.16. The SMILES string of the molecule is Cc1cc(NC(=O)CCc2nc(CSc3nc4ccccc4s3)no2)no1. The second-order valence-corrected chi connectivity index (χ2v) is 7.96. The summed E-state index contributed by atoms with van der Waals surface area (Å²) in [5.41, 5.74) is 0.993. The smallest absolute Gasteiger partial charge is 0.227 e. The molecule has 10 heteroatoms. The lowest BCUT2D eigenvalue weighted by Gasteiger charge is -1.98.